The summed E-state index contributed by atoms with van der Waals surface area (Å²) in [5.41, 5.74) is 3.41. The van der Waals surface area contributed by atoms with Crippen molar-refractivity contribution in [3.8, 4) is 0 Å². The fourth-order valence-corrected chi connectivity index (χ4v) is 3.31. The van der Waals surface area contributed by atoms with E-state index in [0.29, 0.717) is 6.42 Å². The van der Waals surface area contributed by atoms with Crippen LogP contribution in [0.5, 0.6) is 0 Å². The Morgan fingerprint density at radius 2 is 1.84 bits per heavy atom. The summed E-state index contributed by atoms with van der Waals surface area (Å²) in [6.45, 7) is 2.05. The van der Waals surface area contributed by atoms with Gasteiger partial charge < -0.3 is 5.11 Å². The minimum Gasteiger partial charge on any atom is -0.388 e. The van der Waals surface area contributed by atoms with E-state index >= 15 is 0 Å². The summed E-state index contributed by atoms with van der Waals surface area (Å²) >= 11 is 1.65. The van der Waals surface area contributed by atoms with E-state index in [1.807, 2.05) is 17.5 Å². The summed E-state index contributed by atoms with van der Waals surface area (Å²) in [5.74, 6) is 0. The van der Waals surface area contributed by atoms with E-state index in [9.17, 15) is 5.11 Å². The molecule has 1 unspecified atom stereocenters. The predicted octanol–water partition coefficient (Wildman–Crippen LogP) is 4.49. The minimum atomic E-state index is -0.410. The molecule has 0 aliphatic rings. The van der Waals surface area contributed by atoms with Gasteiger partial charge in [-0.1, -0.05) is 42.5 Å². The largest absolute Gasteiger partial charge is 0.388 e. The number of aliphatic hydroxyl groups excluding tert-OH is 1. The Morgan fingerprint density at radius 1 is 1.05 bits per heavy atom. The average molecular weight is 268 g/mol. The van der Waals surface area contributed by atoms with Crippen LogP contribution in [-0.4, -0.2) is 5.11 Å². The van der Waals surface area contributed by atoms with E-state index in [1.165, 1.54) is 21.9 Å². The van der Waals surface area contributed by atoms with Gasteiger partial charge in [0.25, 0.3) is 0 Å². The molecular formula is C17H16OS. The molecule has 0 aliphatic heterocycles. The lowest BCUT2D eigenvalue weighted by Crippen LogP contribution is -2.01. The van der Waals surface area contributed by atoms with Gasteiger partial charge in [-0.2, -0.15) is 11.3 Å². The van der Waals surface area contributed by atoms with Crippen LogP contribution in [0.15, 0.2) is 53.2 Å². The first-order valence-corrected chi connectivity index (χ1v) is 7.37. The smallest absolute Gasteiger partial charge is 0.0840 e. The number of hydrogen-bond donors (Lipinski definition) is 1. The molecule has 0 bridgehead atoms. The molecule has 19 heavy (non-hydrogen) atoms. The van der Waals surface area contributed by atoms with Gasteiger partial charge in [-0.15, -0.1) is 0 Å². The van der Waals surface area contributed by atoms with Crippen molar-refractivity contribution in [3.63, 3.8) is 0 Å². The number of aryl methyl sites for hydroxylation is 1. The summed E-state index contributed by atoms with van der Waals surface area (Å²) in [7, 11) is 0. The Kier molecular flexibility index (Phi) is 3.36. The van der Waals surface area contributed by atoms with Crippen LogP contribution in [0.3, 0.4) is 0 Å². The van der Waals surface area contributed by atoms with Crippen molar-refractivity contribution in [3.05, 3.63) is 69.9 Å². The third-order valence-electron chi connectivity index (χ3n) is 3.50. The molecule has 0 amide bonds. The van der Waals surface area contributed by atoms with Gasteiger partial charge in [0.1, 0.15) is 0 Å². The van der Waals surface area contributed by atoms with Crippen molar-refractivity contribution >= 4 is 22.1 Å². The van der Waals surface area contributed by atoms with Gasteiger partial charge in [-0.3, -0.25) is 0 Å². The molecule has 1 nitrogen and oxygen atoms in total. The Balaban J connectivity index is 1.87. The van der Waals surface area contributed by atoms with Gasteiger partial charge in [-0.05, 0) is 45.1 Å². The van der Waals surface area contributed by atoms with Crippen LogP contribution in [0.4, 0.5) is 0 Å². The molecule has 0 radical (unpaired) electrons. The fraction of sp³-hybridized carbons (Fsp3) is 0.176. The van der Waals surface area contributed by atoms with Gasteiger partial charge in [0.15, 0.2) is 0 Å². The van der Waals surface area contributed by atoms with Gasteiger partial charge >= 0.3 is 0 Å². The lowest BCUT2D eigenvalue weighted by atomic mass is 9.99. The zero-order chi connectivity index (χ0) is 13.2. The Bertz CT molecular complexity index is 699. The Labute approximate surface area is 117 Å². The van der Waals surface area contributed by atoms with Gasteiger partial charge in [-0.25, -0.2) is 0 Å². The number of benzene rings is 2. The third kappa shape index (κ3) is 2.55. The van der Waals surface area contributed by atoms with E-state index in [2.05, 4.69) is 42.6 Å². The predicted molar refractivity (Wildman–Crippen MR) is 81.7 cm³/mol. The summed E-state index contributed by atoms with van der Waals surface area (Å²) in [4.78, 5) is 0. The van der Waals surface area contributed by atoms with Crippen molar-refractivity contribution in [2.75, 3.05) is 0 Å². The zero-order valence-electron chi connectivity index (χ0n) is 10.8. The van der Waals surface area contributed by atoms with Crippen molar-refractivity contribution in [2.45, 2.75) is 19.4 Å². The van der Waals surface area contributed by atoms with E-state index in [4.69, 9.17) is 0 Å². The van der Waals surface area contributed by atoms with Gasteiger partial charge in [0, 0.05) is 6.42 Å². The number of hydrogen-bond acceptors (Lipinski definition) is 2. The highest BCUT2D eigenvalue weighted by Crippen LogP contribution is 2.26. The van der Waals surface area contributed by atoms with Crippen LogP contribution >= 0.6 is 11.3 Å². The second-order valence-corrected chi connectivity index (χ2v) is 5.66. The first kappa shape index (κ1) is 12.4. The molecule has 1 N–H and O–H groups in total. The van der Waals surface area contributed by atoms with E-state index < -0.39 is 6.10 Å². The number of thiophene rings is 1. The molecule has 0 aliphatic carbocycles. The summed E-state index contributed by atoms with van der Waals surface area (Å²) < 4.78 is 0. The van der Waals surface area contributed by atoms with Crippen LogP contribution in [0, 0.1) is 6.92 Å². The van der Waals surface area contributed by atoms with Crippen LogP contribution < -0.4 is 0 Å². The summed E-state index contributed by atoms with van der Waals surface area (Å²) in [6.07, 6.45) is 0.259. The highest BCUT2D eigenvalue weighted by Gasteiger charge is 2.12. The first-order valence-electron chi connectivity index (χ1n) is 6.42. The second-order valence-electron chi connectivity index (χ2n) is 4.91. The molecular weight excluding hydrogens is 252 g/mol. The quantitative estimate of drug-likeness (QED) is 0.742. The highest BCUT2D eigenvalue weighted by atomic mass is 32.1. The van der Waals surface area contributed by atoms with Crippen molar-refractivity contribution in [2.24, 2.45) is 0 Å². The van der Waals surface area contributed by atoms with E-state index in [1.54, 1.807) is 11.3 Å². The molecule has 3 aromatic rings. The summed E-state index contributed by atoms with van der Waals surface area (Å²) in [5, 5.41) is 16.9. The molecule has 0 fully saturated rings. The van der Waals surface area contributed by atoms with Crippen LogP contribution in [0.2, 0.25) is 0 Å². The average Bonchev–Trinajstić information content (AvgIpc) is 2.85. The molecule has 0 spiro atoms. The maximum absolute atomic E-state index is 10.3. The van der Waals surface area contributed by atoms with Crippen LogP contribution in [-0.2, 0) is 6.42 Å². The van der Waals surface area contributed by atoms with Crippen molar-refractivity contribution < 1.29 is 5.11 Å². The maximum Gasteiger partial charge on any atom is 0.0840 e. The monoisotopic (exact) mass is 268 g/mol. The van der Waals surface area contributed by atoms with E-state index in [0.717, 1.165) is 5.56 Å². The molecule has 2 aromatic carbocycles. The Morgan fingerprint density at radius 3 is 2.58 bits per heavy atom. The third-order valence-corrected chi connectivity index (χ3v) is 4.38. The van der Waals surface area contributed by atoms with Crippen LogP contribution in [0.25, 0.3) is 10.8 Å². The molecule has 1 heterocycles. The minimum absolute atomic E-state index is 0.410. The Hall–Kier alpha value is -1.64. The van der Waals surface area contributed by atoms with Crippen molar-refractivity contribution in [1.29, 1.82) is 0 Å². The number of aliphatic hydroxyl groups is 1. The summed E-state index contributed by atoms with van der Waals surface area (Å²) in [6, 6.07) is 14.7. The normalized spacial score (nSPS) is 12.7. The van der Waals surface area contributed by atoms with Gasteiger partial charge in [0.05, 0.1) is 6.10 Å². The van der Waals surface area contributed by atoms with Crippen LogP contribution in [0.1, 0.15) is 22.8 Å². The lowest BCUT2D eigenvalue weighted by molar-refractivity contribution is 0.178. The standard InChI is InChI=1S/C17H16OS/c1-12-10-19-11-16(12)17(18)9-13-6-7-14-4-2-3-5-15(14)8-13/h2-8,10-11,17-18H,9H2,1H3. The number of fused-ring (bicyclic) bond motifs is 1. The lowest BCUT2D eigenvalue weighted by Gasteiger charge is -2.11. The first-order chi connectivity index (χ1) is 9.24. The molecule has 96 valence electrons. The molecule has 2 heteroatoms. The molecule has 3 rings (SSSR count). The van der Waals surface area contributed by atoms with E-state index in [-0.39, 0.29) is 0 Å². The zero-order valence-corrected chi connectivity index (χ0v) is 11.7. The second kappa shape index (κ2) is 5.16. The van der Waals surface area contributed by atoms with Gasteiger partial charge in [0.2, 0.25) is 0 Å². The molecule has 0 saturated carbocycles. The highest BCUT2D eigenvalue weighted by molar-refractivity contribution is 7.08. The van der Waals surface area contributed by atoms with Crippen molar-refractivity contribution in [1.82, 2.24) is 0 Å². The number of rotatable bonds is 3. The topological polar surface area (TPSA) is 20.2 Å². The molecule has 1 atom stereocenters. The fourth-order valence-electron chi connectivity index (χ4n) is 2.41. The molecule has 0 saturated heterocycles. The molecule has 1 aromatic heterocycles. The SMILES string of the molecule is Cc1cscc1C(O)Cc1ccc2ccccc2c1. The maximum atomic E-state index is 10.3.